The van der Waals surface area contributed by atoms with Crippen molar-refractivity contribution in [2.24, 2.45) is 0 Å². The molecule has 0 aliphatic rings. The zero-order chi connectivity index (χ0) is 16.6. The summed E-state index contributed by atoms with van der Waals surface area (Å²) in [6.45, 7) is 0.444. The van der Waals surface area contributed by atoms with E-state index in [0.29, 0.717) is 18.0 Å². The molecule has 4 nitrogen and oxygen atoms in total. The second-order valence-electron chi connectivity index (χ2n) is 5.22. The maximum absolute atomic E-state index is 12.1. The summed E-state index contributed by atoms with van der Waals surface area (Å²) in [5.74, 6) is 0.629. The van der Waals surface area contributed by atoms with Crippen LogP contribution < -0.4 is 15.4 Å². The van der Waals surface area contributed by atoms with Gasteiger partial charge in [-0.25, -0.2) is 4.79 Å². The molecule has 3 rings (SSSR count). The minimum Gasteiger partial charge on any atom is -0.487 e. The molecule has 0 aromatic heterocycles. The Morgan fingerprint density at radius 1 is 0.750 bits per heavy atom. The minimum atomic E-state index is -0.308. The highest BCUT2D eigenvalue weighted by molar-refractivity contribution is 6.00. The number of amides is 2. The van der Waals surface area contributed by atoms with Crippen LogP contribution in [0.2, 0.25) is 0 Å². The zero-order valence-corrected chi connectivity index (χ0v) is 13.1. The van der Waals surface area contributed by atoms with Crippen LogP contribution in [0.15, 0.2) is 84.9 Å². The van der Waals surface area contributed by atoms with Crippen LogP contribution in [0.5, 0.6) is 5.75 Å². The molecule has 0 aliphatic heterocycles. The number of carbonyl (C=O) groups excluding carboxylic acids is 1. The summed E-state index contributed by atoms with van der Waals surface area (Å²) in [6.07, 6.45) is 0. The predicted molar refractivity (Wildman–Crippen MR) is 96.3 cm³/mol. The van der Waals surface area contributed by atoms with Gasteiger partial charge in [-0.05, 0) is 29.8 Å². The molecule has 0 unspecified atom stereocenters. The molecule has 24 heavy (non-hydrogen) atoms. The maximum Gasteiger partial charge on any atom is 0.323 e. The average molecular weight is 318 g/mol. The van der Waals surface area contributed by atoms with Crippen molar-refractivity contribution in [1.82, 2.24) is 0 Å². The summed E-state index contributed by atoms with van der Waals surface area (Å²) in [6, 6.07) is 26.3. The van der Waals surface area contributed by atoms with E-state index in [9.17, 15) is 4.79 Å². The van der Waals surface area contributed by atoms with Crippen LogP contribution in [0.3, 0.4) is 0 Å². The molecule has 4 heteroatoms. The first-order valence-corrected chi connectivity index (χ1v) is 7.70. The Morgan fingerprint density at radius 3 is 2.12 bits per heavy atom. The molecular formula is C20H18N2O2. The molecule has 0 radical (unpaired) electrons. The molecule has 0 saturated carbocycles. The first kappa shape index (κ1) is 15.6. The van der Waals surface area contributed by atoms with Gasteiger partial charge in [-0.2, -0.15) is 0 Å². The number of hydrogen-bond acceptors (Lipinski definition) is 2. The smallest absolute Gasteiger partial charge is 0.323 e. The van der Waals surface area contributed by atoms with Crippen LogP contribution in [0.1, 0.15) is 5.56 Å². The van der Waals surface area contributed by atoms with E-state index in [0.717, 1.165) is 11.3 Å². The maximum atomic E-state index is 12.1. The third-order valence-corrected chi connectivity index (χ3v) is 3.40. The summed E-state index contributed by atoms with van der Waals surface area (Å²) in [5, 5.41) is 5.61. The van der Waals surface area contributed by atoms with Gasteiger partial charge in [-0.1, -0.05) is 60.7 Å². The minimum absolute atomic E-state index is 0.308. The van der Waals surface area contributed by atoms with Gasteiger partial charge in [0.2, 0.25) is 0 Å². The van der Waals surface area contributed by atoms with Crippen molar-refractivity contribution >= 4 is 17.4 Å². The van der Waals surface area contributed by atoms with Gasteiger partial charge >= 0.3 is 6.03 Å². The summed E-state index contributed by atoms with van der Waals surface area (Å²) in [4.78, 5) is 12.1. The Bertz CT molecular complexity index is 789. The van der Waals surface area contributed by atoms with E-state index in [-0.39, 0.29) is 6.03 Å². The molecule has 0 fully saturated rings. The zero-order valence-electron chi connectivity index (χ0n) is 13.1. The van der Waals surface area contributed by atoms with Gasteiger partial charge in [-0.3, -0.25) is 0 Å². The van der Waals surface area contributed by atoms with Gasteiger partial charge in [0.15, 0.2) is 0 Å². The highest BCUT2D eigenvalue weighted by Crippen LogP contribution is 2.25. The number of nitrogens with one attached hydrogen (secondary N) is 2. The van der Waals surface area contributed by atoms with Crippen molar-refractivity contribution in [2.45, 2.75) is 6.61 Å². The molecule has 0 spiro atoms. The highest BCUT2D eigenvalue weighted by atomic mass is 16.5. The number of urea groups is 1. The summed E-state index contributed by atoms with van der Waals surface area (Å²) >= 11 is 0. The molecule has 0 aliphatic carbocycles. The largest absolute Gasteiger partial charge is 0.487 e. The van der Waals surface area contributed by atoms with Crippen molar-refractivity contribution in [3.8, 4) is 5.75 Å². The standard InChI is InChI=1S/C20H18N2O2/c23-20(21-17-11-5-2-6-12-17)22-18-13-7-8-14-19(18)24-15-16-9-3-1-4-10-16/h1-14H,15H2,(H2,21,22,23). The average Bonchev–Trinajstić information content (AvgIpc) is 2.63. The highest BCUT2D eigenvalue weighted by Gasteiger charge is 2.07. The van der Waals surface area contributed by atoms with Crippen LogP contribution >= 0.6 is 0 Å². The van der Waals surface area contributed by atoms with E-state index in [1.165, 1.54) is 0 Å². The normalized spacial score (nSPS) is 10.0. The first-order chi connectivity index (χ1) is 11.8. The summed E-state index contributed by atoms with van der Waals surface area (Å²) in [5.41, 5.74) is 2.43. The number of carbonyl (C=O) groups is 1. The quantitative estimate of drug-likeness (QED) is 0.702. The Labute approximate surface area is 141 Å². The number of rotatable bonds is 5. The Hall–Kier alpha value is -3.27. The predicted octanol–water partition coefficient (Wildman–Crippen LogP) is 4.91. The molecule has 120 valence electrons. The number of hydrogen-bond donors (Lipinski definition) is 2. The van der Waals surface area contributed by atoms with Crippen LogP contribution in [0, 0.1) is 0 Å². The molecule has 3 aromatic rings. The third-order valence-electron chi connectivity index (χ3n) is 3.40. The summed E-state index contributed by atoms with van der Waals surface area (Å²) in [7, 11) is 0. The number of ether oxygens (including phenoxy) is 1. The first-order valence-electron chi connectivity index (χ1n) is 7.70. The second kappa shape index (κ2) is 7.83. The van der Waals surface area contributed by atoms with E-state index in [1.54, 1.807) is 0 Å². The van der Waals surface area contributed by atoms with Gasteiger partial charge in [0.25, 0.3) is 0 Å². The van der Waals surface area contributed by atoms with E-state index in [4.69, 9.17) is 4.74 Å². The fourth-order valence-electron chi connectivity index (χ4n) is 2.24. The lowest BCUT2D eigenvalue weighted by atomic mass is 10.2. The Balaban J connectivity index is 1.64. The second-order valence-corrected chi connectivity index (χ2v) is 5.22. The van der Waals surface area contributed by atoms with Crippen molar-refractivity contribution in [3.63, 3.8) is 0 Å². The van der Waals surface area contributed by atoms with Gasteiger partial charge < -0.3 is 15.4 Å². The topological polar surface area (TPSA) is 50.4 Å². The van der Waals surface area contributed by atoms with Crippen molar-refractivity contribution in [1.29, 1.82) is 0 Å². The number of para-hydroxylation sites is 3. The monoisotopic (exact) mass is 318 g/mol. The molecular weight excluding hydrogens is 300 g/mol. The molecule has 3 aromatic carbocycles. The van der Waals surface area contributed by atoms with E-state index >= 15 is 0 Å². The van der Waals surface area contributed by atoms with Crippen LogP contribution in [-0.4, -0.2) is 6.03 Å². The lowest BCUT2D eigenvalue weighted by molar-refractivity contribution is 0.261. The summed E-state index contributed by atoms with van der Waals surface area (Å²) < 4.78 is 5.83. The fraction of sp³-hybridized carbons (Fsp3) is 0.0500. The molecule has 2 amide bonds. The van der Waals surface area contributed by atoms with Gasteiger partial charge in [0.1, 0.15) is 12.4 Å². The van der Waals surface area contributed by atoms with Crippen LogP contribution in [-0.2, 0) is 6.61 Å². The van der Waals surface area contributed by atoms with Crippen LogP contribution in [0.4, 0.5) is 16.2 Å². The van der Waals surface area contributed by atoms with Crippen molar-refractivity contribution in [2.75, 3.05) is 10.6 Å². The fourth-order valence-corrected chi connectivity index (χ4v) is 2.24. The van der Waals surface area contributed by atoms with Gasteiger partial charge in [0, 0.05) is 5.69 Å². The van der Waals surface area contributed by atoms with Gasteiger partial charge in [-0.15, -0.1) is 0 Å². The van der Waals surface area contributed by atoms with Crippen molar-refractivity contribution in [3.05, 3.63) is 90.5 Å². The number of anilines is 2. The van der Waals surface area contributed by atoms with Crippen molar-refractivity contribution < 1.29 is 9.53 Å². The third kappa shape index (κ3) is 4.36. The Kier molecular flexibility index (Phi) is 5.10. The molecule has 0 heterocycles. The molecule has 0 bridgehead atoms. The van der Waals surface area contributed by atoms with Crippen LogP contribution in [0.25, 0.3) is 0 Å². The van der Waals surface area contributed by atoms with E-state index < -0.39 is 0 Å². The van der Waals surface area contributed by atoms with Gasteiger partial charge in [0.05, 0.1) is 5.69 Å². The number of benzene rings is 3. The molecule has 2 N–H and O–H groups in total. The van der Waals surface area contributed by atoms with E-state index in [1.807, 2.05) is 84.9 Å². The Morgan fingerprint density at radius 2 is 1.38 bits per heavy atom. The lowest BCUT2D eigenvalue weighted by Gasteiger charge is -2.13. The molecule has 0 saturated heterocycles. The lowest BCUT2D eigenvalue weighted by Crippen LogP contribution is -2.19. The molecule has 0 atom stereocenters. The van der Waals surface area contributed by atoms with E-state index in [2.05, 4.69) is 10.6 Å². The SMILES string of the molecule is O=C(Nc1ccccc1)Nc1ccccc1OCc1ccccc1.